The van der Waals surface area contributed by atoms with Gasteiger partial charge in [-0.3, -0.25) is 0 Å². The first-order chi connectivity index (χ1) is 15.4. The smallest absolute Gasteiger partial charge is 0.394 e. The summed E-state index contributed by atoms with van der Waals surface area (Å²) in [5.74, 6) is -3.09. The Labute approximate surface area is 190 Å². The van der Waals surface area contributed by atoms with Crippen molar-refractivity contribution in [1.82, 2.24) is 0 Å². The van der Waals surface area contributed by atoms with Crippen LogP contribution in [0.5, 0.6) is 0 Å². The standard InChI is InChI=1S/C22H40O10/c1-3-5-7-9-11-13-15-19(25)29-31-22(28)32-30-21(27)17(20(26)18(24)16-23)14-12-10-8-6-4-2/h17-18,20,23-24,26H,3-16H2,1-2H3. The average Bonchev–Trinajstić information content (AvgIpc) is 2.79. The van der Waals surface area contributed by atoms with Crippen molar-refractivity contribution in [2.24, 2.45) is 5.92 Å². The lowest BCUT2D eigenvalue weighted by Gasteiger charge is -2.23. The molecule has 0 fully saturated rings. The Morgan fingerprint density at radius 2 is 1.25 bits per heavy atom. The number of unbranched alkanes of at least 4 members (excludes halogenated alkanes) is 9. The van der Waals surface area contributed by atoms with E-state index in [1.165, 1.54) is 0 Å². The van der Waals surface area contributed by atoms with Crippen molar-refractivity contribution in [2.75, 3.05) is 6.61 Å². The molecule has 10 nitrogen and oxygen atoms in total. The van der Waals surface area contributed by atoms with Crippen molar-refractivity contribution in [2.45, 2.75) is 110 Å². The van der Waals surface area contributed by atoms with Crippen LogP contribution in [0.25, 0.3) is 0 Å². The van der Waals surface area contributed by atoms with Gasteiger partial charge in [0.1, 0.15) is 6.10 Å². The summed E-state index contributed by atoms with van der Waals surface area (Å²) in [6.45, 7) is 3.42. The molecule has 3 unspecified atom stereocenters. The minimum Gasteiger partial charge on any atom is -0.394 e. The van der Waals surface area contributed by atoms with Gasteiger partial charge in [-0.05, 0) is 12.8 Å². The largest absolute Gasteiger partial charge is 0.591 e. The van der Waals surface area contributed by atoms with Gasteiger partial charge >= 0.3 is 18.1 Å². The van der Waals surface area contributed by atoms with Crippen molar-refractivity contribution in [3.8, 4) is 0 Å². The third kappa shape index (κ3) is 15.0. The van der Waals surface area contributed by atoms with Crippen LogP contribution >= 0.6 is 0 Å². The zero-order chi connectivity index (χ0) is 24.2. The lowest BCUT2D eigenvalue weighted by atomic mass is 9.92. The second-order valence-electron chi connectivity index (χ2n) is 7.84. The van der Waals surface area contributed by atoms with Gasteiger partial charge in [-0.15, -0.1) is 0 Å². The van der Waals surface area contributed by atoms with Gasteiger partial charge in [0.25, 0.3) is 0 Å². The molecule has 0 aliphatic heterocycles. The molecule has 0 bridgehead atoms. The summed E-state index contributed by atoms with van der Waals surface area (Å²) >= 11 is 0. The number of rotatable bonds is 17. The molecular weight excluding hydrogens is 424 g/mol. The summed E-state index contributed by atoms with van der Waals surface area (Å²) in [5.41, 5.74) is 0. The summed E-state index contributed by atoms with van der Waals surface area (Å²) in [6, 6.07) is 0. The fraction of sp³-hybridized carbons (Fsp3) is 0.864. The van der Waals surface area contributed by atoms with E-state index in [0.29, 0.717) is 12.8 Å². The number of aliphatic hydroxyl groups excluding tert-OH is 3. The number of carbonyl (C=O) groups is 3. The second-order valence-corrected chi connectivity index (χ2v) is 7.84. The molecule has 0 rings (SSSR count). The Kier molecular flexibility index (Phi) is 18.6. The quantitative estimate of drug-likeness (QED) is 0.166. The second kappa shape index (κ2) is 19.8. The van der Waals surface area contributed by atoms with Crippen LogP contribution < -0.4 is 0 Å². The van der Waals surface area contributed by atoms with Gasteiger partial charge in [-0.2, -0.15) is 4.79 Å². The van der Waals surface area contributed by atoms with Crippen LogP contribution in [0.15, 0.2) is 0 Å². The van der Waals surface area contributed by atoms with E-state index in [2.05, 4.69) is 33.4 Å². The van der Waals surface area contributed by atoms with E-state index in [4.69, 9.17) is 5.11 Å². The minimum atomic E-state index is -1.60. The van der Waals surface area contributed by atoms with Gasteiger partial charge in [0, 0.05) is 0 Å². The molecule has 0 aliphatic carbocycles. The van der Waals surface area contributed by atoms with E-state index < -0.39 is 42.8 Å². The highest BCUT2D eigenvalue weighted by Crippen LogP contribution is 2.20. The van der Waals surface area contributed by atoms with Gasteiger partial charge in [0.05, 0.1) is 25.0 Å². The molecule has 0 heterocycles. The maximum atomic E-state index is 12.2. The minimum absolute atomic E-state index is 0.0739. The highest BCUT2D eigenvalue weighted by molar-refractivity contribution is 5.74. The third-order valence-electron chi connectivity index (χ3n) is 5.04. The topological polar surface area (TPSA) is 149 Å². The van der Waals surface area contributed by atoms with E-state index in [9.17, 15) is 24.6 Å². The fourth-order valence-electron chi connectivity index (χ4n) is 3.09. The maximum absolute atomic E-state index is 12.2. The Balaban J connectivity index is 4.30. The number of aliphatic hydroxyl groups is 3. The van der Waals surface area contributed by atoms with Crippen LogP contribution in [-0.4, -0.2) is 52.2 Å². The molecule has 0 spiro atoms. The van der Waals surface area contributed by atoms with Gasteiger partial charge in [0.15, 0.2) is 0 Å². The van der Waals surface area contributed by atoms with Crippen molar-refractivity contribution in [1.29, 1.82) is 0 Å². The molecule has 0 aliphatic rings. The molecular formula is C22H40O10. The van der Waals surface area contributed by atoms with Crippen molar-refractivity contribution >= 4 is 18.1 Å². The van der Waals surface area contributed by atoms with E-state index in [1.807, 2.05) is 0 Å². The number of carbonyl (C=O) groups excluding carboxylic acids is 3. The highest BCUT2D eigenvalue weighted by atomic mass is 17.3. The zero-order valence-corrected chi connectivity index (χ0v) is 19.3. The fourth-order valence-corrected chi connectivity index (χ4v) is 3.09. The first-order valence-electron chi connectivity index (χ1n) is 11.6. The molecule has 0 saturated heterocycles. The van der Waals surface area contributed by atoms with Gasteiger partial charge in [-0.25, -0.2) is 29.1 Å². The Morgan fingerprint density at radius 3 is 1.84 bits per heavy atom. The van der Waals surface area contributed by atoms with E-state index >= 15 is 0 Å². The molecule has 3 atom stereocenters. The zero-order valence-electron chi connectivity index (χ0n) is 19.3. The lowest BCUT2D eigenvalue weighted by molar-refractivity contribution is -0.296. The summed E-state index contributed by atoms with van der Waals surface area (Å²) < 4.78 is 0. The molecule has 3 N–H and O–H groups in total. The van der Waals surface area contributed by atoms with Gasteiger partial charge in [0.2, 0.25) is 0 Å². The molecule has 188 valence electrons. The van der Waals surface area contributed by atoms with Crippen LogP contribution in [0.2, 0.25) is 0 Å². The first-order valence-corrected chi connectivity index (χ1v) is 11.6. The van der Waals surface area contributed by atoms with Gasteiger partial charge < -0.3 is 15.3 Å². The normalized spacial score (nSPS) is 13.7. The number of hydrogen-bond donors (Lipinski definition) is 3. The van der Waals surface area contributed by atoms with E-state index in [0.717, 1.165) is 57.8 Å². The Morgan fingerprint density at radius 1 is 0.719 bits per heavy atom. The molecule has 0 radical (unpaired) electrons. The van der Waals surface area contributed by atoms with Crippen molar-refractivity contribution < 1.29 is 49.3 Å². The van der Waals surface area contributed by atoms with E-state index in [-0.39, 0.29) is 12.8 Å². The SMILES string of the molecule is CCCCCCCCC(=O)OOC(=O)OOC(=O)C(CCCCCCC)C(O)C(O)CO. The third-order valence-corrected chi connectivity index (χ3v) is 5.04. The van der Waals surface area contributed by atoms with E-state index in [1.54, 1.807) is 0 Å². The first kappa shape index (κ1) is 30.1. The molecule has 0 amide bonds. The van der Waals surface area contributed by atoms with Crippen LogP contribution in [0.1, 0.15) is 97.3 Å². The average molecular weight is 465 g/mol. The summed E-state index contributed by atoms with van der Waals surface area (Å²) in [5, 5.41) is 28.8. The molecule has 32 heavy (non-hydrogen) atoms. The van der Waals surface area contributed by atoms with Crippen LogP contribution in [0.3, 0.4) is 0 Å². The van der Waals surface area contributed by atoms with Crippen LogP contribution in [-0.2, 0) is 29.1 Å². The Hall–Kier alpha value is -1.91. The predicted octanol–water partition coefficient (Wildman–Crippen LogP) is 3.50. The summed E-state index contributed by atoms with van der Waals surface area (Å²) in [7, 11) is 0. The maximum Gasteiger partial charge on any atom is 0.591 e. The highest BCUT2D eigenvalue weighted by Gasteiger charge is 2.34. The van der Waals surface area contributed by atoms with Gasteiger partial charge in [-0.1, -0.05) is 78.1 Å². The molecule has 0 aromatic carbocycles. The van der Waals surface area contributed by atoms with Crippen molar-refractivity contribution in [3.63, 3.8) is 0 Å². The predicted molar refractivity (Wildman–Crippen MR) is 114 cm³/mol. The molecule has 10 heteroatoms. The molecule has 0 aromatic rings. The summed E-state index contributed by atoms with van der Waals surface area (Å²) in [6.07, 6.45) is 5.74. The monoisotopic (exact) mass is 464 g/mol. The van der Waals surface area contributed by atoms with Crippen LogP contribution in [0, 0.1) is 5.92 Å². The van der Waals surface area contributed by atoms with Crippen LogP contribution in [0.4, 0.5) is 4.79 Å². The molecule has 0 saturated carbocycles. The summed E-state index contributed by atoms with van der Waals surface area (Å²) in [4.78, 5) is 52.2. The van der Waals surface area contributed by atoms with Crippen molar-refractivity contribution in [3.05, 3.63) is 0 Å². The Bertz CT molecular complexity index is 511. The number of hydrogen-bond acceptors (Lipinski definition) is 10. The molecule has 0 aromatic heterocycles. The lowest BCUT2D eigenvalue weighted by Crippen LogP contribution is -2.40.